The highest BCUT2D eigenvalue weighted by molar-refractivity contribution is 6.23. The summed E-state index contributed by atoms with van der Waals surface area (Å²) < 4.78 is 19.7. The summed E-state index contributed by atoms with van der Waals surface area (Å²) in [6.07, 6.45) is 1.87. The van der Waals surface area contributed by atoms with Crippen molar-refractivity contribution in [3.63, 3.8) is 0 Å². The van der Waals surface area contributed by atoms with Gasteiger partial charge in [-0.25, -0.2) is 9.98 Å². The second-order valence-corrected chi connectivity index (χ2v) is 18.0. The molecule has 3 heterocycles. The molecule has 0 aliphatic heterocycles. The van der Waals surface area contributed by atoms with Gasteiger partial charge in [0.15, 0.2) is 11.7 Å². The van der Waals surface area contributed by atoms with E-state index in [1.807, 2.05) is 85.1 Å². The molecule has 0 amide bonds. The molecule has 0 aliphatic rings. The predicted molar refractivity (Wildman–Crippen MR) is 293 cm³/mol. The average molecular weight is 910 g/mol. The molecule has 11 aromatic carbocycles. The quantitative estimate of drug-likeness (QED) is 0.133. The van der Waals surface area contributed by atoms with E-state index in [4.69, 9.17) is 23.2 Å². The van der Waals surface area contributed by atoms with Crippen LogP contribution in [-0.2, 0) is 0 Å². The van der Waals surface area contributed by atoms with Crippen LogP contribution in [0.5, 0.6) is 0 Å². The van der Waals surface area contributed by atoms with Crippen LogP contribution in [0.2, 0.25) is 0 Å². The molecule has 6 nitrogen and oxygen atoms in total. The van der Waals surface area contributed by atoms with Gasteiger partial charge in [0.05, 0.1) is 0 Å². The summed E-state index contributed by atoms with van der Waals surface area (Å²) in [5.74, 6) is 0.492. The second-order valence-electron chi connectivity index (χ2n) is 18.0. The first-order chi connectivity index (χ1) is 35.1. The second kappa shape index (κ2) is 16.3. The van der Waals surface area contributed by atoms with Crippen LogP contribution < -0.4 is 0 Å². The van der Waals surface area contributed by atoms with Crippen molar-refractivity contribution in [2.75, 3.05) is 0 Å². The van der Waals surface area contributed by atoms with Crippen LogP contribution in [-0.4, -0.2) is 17.9 Å². The zero-order valence-corrected chi connectivity index (χ0v) is 38.1. The number of amidine groups is 2. The van der Waals surface area contributed by atoms with Gasteiger partial charge in [0.2, 0.25) is 0 Å². The predicted octanol–water partition coefficient (Wildman–Crippen LogP) is 17.6. The highest BCUT2D eigenvalue weighted by Gasteiger charge is 2.21. The largest absolute Gasteiger partial charge is 0.456 e. The highest BCUT2D eigenvalue weighted by atomic mass is 16.3. The van der Waals surface area contributed by atoms with E-state index >= 15 is 0 Å². The van der Waals surface area contributed by atoms with Gasteiger partial charge in [0, 0.05) is 60.8 Å². The molecule has 0 saturated carbocycles. The maximum absolute atomic E-state index is 9.53. The average Bonchev–Trinajstić information content (AvgIpc) is 4.13. The standard InChI is InChI=1S/C65H39N3O3/c66-64(45-18-9-17-42(37-45)43-33-32-40-14-1-2-15-41(40)36-43)68-65(54-27-13-30-58-61(54)52-21-6-8-29-57(52)69-58)67-38-39-34-44-16-3-4-19-46(44)55(35-39)48-22-12-31-59-60(48)53-26-11-25-51(63(53)71-59)50-24-10-23-49-47-20-5-7-28-56(47)70-62(49)50/h1-38,66H/b66-64?,67-38+,68-65-. The van der Waals surface area contributed by atoms with Gasteiger partial charge in [-0.15, -0.1) is 0 Å². The number of nitrogens with zero attached hydrogens (tertiary/aromatic N) is 2. The molecule has 14 aromatic rings. The smallest absolute Gasteiger partial charge is 0.162 e. The third kappa shape index (κ3) is 6.76. The Morgan fingerprint density at radius 1 is 0.380 bits per heavy atom. The molecule has 6 heteroatoms. The van der Waals surface area contributed by atoms with Crippen LogP contribution >= 0.6 is 0 Å². The van der Waals surface area contributed by atoms with Gasteiger partial charge in [-0.3, -0.25) is 5.41 Å². The molecule has 0 radical (unpaired) electrons. The molecule has 0 spiro atoms. The Labute approximate surface area is 406 Å². The summed E-state index contributed by atoms with van der Waals surface area (Å²) in [6, 6.07) is 76.8. The lowest BCUT2D eigenvalue weighted by Crippen LogP contribution is -2.05. The third-order valence-corrected chi connectivity index (χ3v) is 13.8. The SMILES string of the molecule is N=C(/N=C(\N=C\c1cc(-c2cccc3oc4c(-c5cccc6c5oc5ccccc56)cccc4c23)c2ccccc2c1)c1cccc2oc3ccccc3c12)c1cccc(-c2ccc3ccccc3c2)c1. The molecule has 3 aromatic heterocycles. The normalized spacial score (nSPS) is 12.3. The number of benzene rings is 11. The lowest BCUT2D eigenvalue weighted by atomic mass is 9.92. The van der Waals surface area contributed by atoms with Crippen LogP contribution in [0.15, 0.2) is 248 Å². The summed E-state index contributed by atoms with van der Waals surface area (Å²) >= 11 is 0. The minimum atomic E-state index is 0.0956. The van der Waals surface area contributed by atoms with Gasteiger partial charge in [-0.05, 0) is 97.9 Å². The highest BCUT2D eigenvalue weighted by Crippen LogP contribution is 2.45. The Morgan fingerprint density at radius 2 is 0.972 bits per heavy atom. The molecule has 14 rings (SSSR count). The van der Waals surface area contributed by atoms with Crippen molar-refractivity contribution >= 4 is 105 Å². The first-order valence-corrected chi connectivity index (χ1v) is 23.7. The van der Waals surface area contributed by atoms with E-state index < -0.39 is 0 Å². The molecule has 71 heavy (non-hydrogen) atoms. The first-order valence-electron chi connectivity index (χ1n) is 23.7. The van der Waals surface area contributed by atoms with E-state index in [-0.39, 0.29) is 5.84 Å². The lowest BCUT2D eigenvalue weighted by molar-refractivity contribution is 0.665. The Hall–Kier alpha value is -9.65. The van der Waals surface area contributed by atoms with E-state index in [1.54, 1.807) is 0 Å². The van der Waals surface area contributed by atoms with Crippen molar-refractivity contribution in [2.24, 2.45) is 9.98 Å². The van der Waals surface area contributed by atoms with E-state index in [2.05, 4.69) is 146 Å². The van der Waals surface area contributed by atoms with Crippen molar-refractivity contribution in [3.05, 3.63) is 241 Å². The monoisotopic (exact) mass is 909 g/mol. The number of aliphatic imine (C=N–C) groups is 2. The van der Waals surface area contributed by atoms with E-state index in [0.29, 0.717) is 11.4 Å². The van der Waals surface area contributed by atoms with Crippen LogP contribution in [0.4, 0.5) is 0 Å². The first kappa shape index (κ1) is 40.4. The Morgan fingerprint density at radius 3 is 1.82 bits per heavy atom. The van der Waals surface area contributed by atoms with Gasteiger partial charge < -0.3 is 13.3 Å². The van der Waals surface area contributed by atoms with Gasteiger partial charge >= 0.3 is 0 Å². The minimum Gasteiger partial charge on any atom is -0.456 e. The van der Waals surface area contributed by atoms with Gasteiger partial charge in [0.1, 0.15) is 33.5 Å². The molecule has 0 unspecified atom stereocenters. The molecular weight excluding hydrogens is 871 g/mol. The molecular formula is C65H39N3O3. The van der Waals surface area contributed by atoms with E-state index in [0.717, 1.165) is 126 Å². The summed E-state index contributed by atoms with van der Waals surface area (Å²) in [6.45, 7) is 0. The minimum absolute atomic E-state index is 0.0956. The number of para-hydroxylation sites is 4. The molecule has 0 fully saturated rings. The number of hydrogen-bond acceptors (Lipinski definition) is 4. The lowest BCUT2D eigenvalue weighted by Gasteiger charge is -2.11. The number of rotatable bonds is 6. The van der Waals surface area contributed by atoms with Crippen LogP contribution in [0.1, 0.15) is 16.7 Å². The Kier molecular flexibility index (Phi) is 9.26. The van der Waals surface area contributed by atoms with E-state index in [1.165, 1.54) is 5.39 Å². The maximum Gasteiger partial charge on any atom is 0.162 e. The Bertz CT molecular complexity index is 4560. The van der Waals surface area contributed by atoms with Crippen molar-refractivity contribution in [1.29, 1.82) is 5.41 Å². The van der Waals surface area contributed by atoms with E-state index in [9.17, 15) is 5.41 Å². The maximum atomic E-state index is 9.53. The summed E-state index contributed by atoms with van der Waals surface area (Å²) in [4.78, 5) is 10.3. The van der Waals surface area contributed by atoms with Crippen molar-refractivity contribution in [2.45, 2.75) is 0 Å². The third-order valence-electron chi connectivity index (χ3n) is 13.8. The number of furan rings is 3. The zero-order valence-electron chi connectivity index (χ0n) is 38.1. The summed E-state index contributed by atoms with van der Waals surface area (Å²) in [5.41, 5.74) is 13.2. The van der Waals surface area contributed by atoms with Gasteiger partial charge in [0.25, 0.3) is 0 Å². The molecule has 0 aliphatic carbocycles. The molecule has 0 saturated heterocycles. The van der Waals surface area contributed by atoms with Crippen LogP contribution in [0.3, 0.4) is 0 Å². The van der Waals surface area contributed by atoms with Crippen molar-refractivity contribution in [1.82, 2.24) is 0 Å². The number of fused-ring (bicyclic) bond motifs is 11. The van der Waals surface area contributed by atoms with Crippen LogP contribution in [0.25, 0.3) is 121 Å². The molecule has 0 atom stereocenters. The Balaban J connectivity index is 0.912. The molecule has 1 N–H and O–H groups in total. The van der Waals surface area contributed by atoms with Gasteiger partial charge in [-0.1, -0.05) is 176 Å². The van der Waals surface area contributed by atoms with Gasteiger partial charge in [-0.2, -0.15) is 0 Å². The fourth-order valence-corrected chi connectivity index (χ4v) is 10.5. The fourth-order valence-electron chi connectivity index (χ4n) is 10.5. The zero-order chi connectivity index (χ0) is 47.0. The van der Waals surface area contributed by atoms with Crippen molar-refractivity contribution < 1.29 is 13.3 Å². The van der Waals surface area contributed by atoms with Crippen LogP contribution in [0, 0.1) is 5.41 Å². The molecule has 332 valence electrons. The fraction of sp³-hybridized carbons (Fsp3) is 0. The molecule has 0 bridgehead atoms. The van der Waals surface area contributed by atoms with Crippen molar-refractivity contribution in [3.8, 4) is 33.4 Å². The summed E-state index contributed by atoms with van der Waals surface area (Å²) in [7, 11) is 0. The summed E-state index contributed by atoms with van der Waals surface area (Å²) in [5, 5.41) is 20.1. The topological polar surface area (TPSA) is 88.0 Å². The number of hydrogen-bond donors (Lipinski definition) is 1. The number of nitrogens with one attached hydrogen (secondary N) is 1.